The van der Waals surface area contributed by atoms with Gasteiger partial charge in [0.15, 0.2) is 0 Å². The third kappa shape index (κ3) is 3.05. The quantitative estimate of drug-likeness (QED) is 0.636. The molecule has 0 saturated heterocycles. The lowest BCUT2D eigenvalue weighted by molar-refractivity contribution is -0.848. The number of quaternary nitrogens is 1. The molecule has 0 unspecified atom stereocenters. The third-order valence-corrected chi connectivity index (χ3v) is 2.60. The van der Waals surface area contributed by atoms with Gasteiger partial charge in [0, 0.05) is 5.56 Å². The zero-order valence-electron chi connectivity index (χ0n) is 10.0. The monoisotopic (exact) mass is 249 g/mol. The lowest BCUT2D eigenvalue weighted by Crippen LogP contribution is -3.06. The van der Waals surface area contributed by atoms with E-state index in [1.807, 2.05) is 56.6 Å². The maximum atomic E-state index is 12.0. The van der Waals surface area contributed by atoms with Crippen molar-refractivity contribution in [2.75, 3.05) is 20.6 Å². The molecule has 2 aromatic rings. The molecule has 3 heteroatoms. The molecular weight excluding hydrogens is 234 g/mol. The number of likely N-dealkylation sites (N-methyl/N-ethyl adjacent to an activating group) is 1. The van der Waals surface area contributed by atoms with Crippen LogP contribution in [0.3, 0.4) is 0 Å². The minimum atomic E-state index is 0. The number of halogens is 1. The first-order valence-electron chi connectivity index (χ1n) is 5.48. The first kappa shape index (κ1) is 13.7. The minimum Gasteiger partial charge on any atom is -1.00 e. The normalized spacial score (nSPS) is 10.3. The lowest BCUT2D eigenvalue weighted by atomic mass is 10.0. The summed E-state index contributed by atoms with van der Waals surface area (Å²) in [5, 5.41) is 2.18. The Morgan fingerprint density at radius 2 is 1.71 bits per heavy atom. The maximum absolute atomic E-state index is 12.0. The topological polar surface area (TPSA) is 21.5 Å². The number of Topliss-reactive ketones (excluding diaryl/α,β-unsaturated/α-hetero) is 1. The molecule has 0 aliphatic carbocycles. The van der Waals surface area contributed by atoms with Crippen molar-refractivity contribution in [2.45, 2.75) is 0 Å². The molecule has 0 atom stereocenters. The van der Waals surface area contributed by atoms with Crippen molar-refractivity contribution < 1.29 is 22.1 Å². The number of ketones is 1. The van der Waals surface area contributed by atoms with Crippen LogP contribution in [-0.4, -0.2) is 26.4 Å². The van der Waals surface area contributed by atoms with Gasteiger partial charge in [-0.05, 0) is 10.8 Å². The fourth-order valence-electron chi connectivity index (χ4n) is 1.88. The molecule has 0 aliphatic heterocycles. The van der Waals surface area contributed by atoms with E-state index in [4.69, 9.17) is 0 Å². The summed E-state index contributed by atoms with van der Waals surface area (Å²) < 4.78 is 0. The highest BCUT2D eigenvalue weighted by Crippen LogP contribution is 2.18. The van der Waals surface area contributed by atoms with Crippen LogP contribution in [0.15, 0.2) is 42.5 Å². The van der Waals surface area contributed by atoms with Crippen LogP contribution >= 0.6 is 0 Å². The van der Waals surface area contributed by atoms with Crippen LogP contribution in [-0.2, 0) is 0 Å². The number of nitrogens with one attached hydrogen (secondary N) is 1. The highest BCUT2D eigenvalue weighted by atomic mass is 35.5. The number of carbonyl (C=O) groups is 1. The van der Waals surface area contributed by atoms with Crippen LogP contribution in [0.2, 0.25) is 0 Å². The van der Waals surface area contributed by atoms with Gasteiger partial charge in [0.05, 0.1) is 14.1 Å². The predicted molar refractivity (Wildman–Crippen MR) is 66.0 cm³/mol. The van der Waals surface area contributed by atoms with E-state index in [-0.39, 0.29) is 18.2 Å². The van der Waals surface area contributed by atoms with Crippen LogP contribution < -0.4 is 17.3 Å². The van der Waals surface area contributed by atoms with Crippen molar-refractivity contribution >= 4 is 16.6 Å². The smallest absolute Gasteiger partial charge is 0.217 e. The van der Waals surface area contributed by atoms with Gasteiger partial charge >= 0.3 is 0 Å². The Hall–Kier alpha value is -1.38. The molecule has 2 rings (SSSR count). The zero-order chi connectivity index (χ0) is 11.5. The summed E-state index contributed by atoms with van der Waals surface area (Å²) in [4.78, 5) is 13.2. The largest absolute Gasteiger partial charge is 1.00 e. The molecule has 0 amide bonds. The fraction of sp³-hybridized carbons (Fsp3) is 0.214. The summed E-state index contributed by atoms with van der Waals surface area (Å²) in [5.41, 5.74) is 0.833. The predicted octanol–water partition coefficient (Wildman–Crippen LogP) is -1.83. The first-order valence-corrected chi connectivity index (χ1v) is 5.48. The number of hydrogen-bond acceptors (Lipinski definition) is 1. The van der Waals surface area contributed by atoms with E-state index in [9.17, 15) is 4.79 Å². The average molecular weight is 250 g/mol. The maximum Gasteiger partial charge on any atom is 0.217 e. The molecule has 1 N–H and O–H groups in total. The number of benzene rings is 2. The lowest BCUT2D eigenvalue weighted by Gasteiger charge is -2.08. The van der Waals surface area contributed by atoms with Crippen molar-refractivity contribution in [3.63, 3.8) is 0 Å². The second-order valence-corrected chi connectivity index (χ2v) is 4.33. The molecular formula is C14H16ClNO. The Balaban J connectivity index is 0.00000144. The molecule has 90 valence electrons. The van der Waals surface area contributed by atoms with Crippen LogP contribution in [0.1, 0.15) is 10.4 Å². The summed E-state index contributed by atoms with van der Waals surface area (Å²) in [7, 11) is 3.98. The van der Waals surface area contributed by atoms with Crippen LogP contribution in [0.5, 0.6) is 0 Å². The molecule has 0 spiro atoms. The van der Waals surface area contributed by atoms with E-state index in [0.29, 0.717) is 6.54 Å². The number of carbonyl (C=O) groups excluding carboxylic acids is 1. The van der Waals surface area contributed by atoms with Crippen molar-refractivity contribution in [1.29, 1.82) is 0 Å². The Labute approximate surface area is 108 Å². The van der Waals surface area contributed by atoms with E-state index in [0.717, 1.165) is 21.2 Å². The highest BCUT2D eigenvalue weighted by Gasteiger charge is 2.12. The minimum absolute atomic E-state index is 0. The summed E-state index contributed by atoms with van der Waals surface area (Å²) in [5.74, 6) is 0.205. The second kappa shape index (κ2) is 5.80. The molecule has 0 saturated carbocycles. The van der Waals surface area contributed by atoms with Crippen LogP contribution in [0.25, 0.3) is 10.8 Å². The second-order valence-electron chi connectivity index (χ2n) is 4.33. The SMILES string of the molecule is C[NH+](C)CC(=O)c1cccc2ccccc12.[Cl-]. The van der Waals surface area contributed by atoms with Gasteiger partial charge < -0.3 is 17.3 Å². The van der Waals surface area contributed by atoms with Gasteiger partial charge in [-0.15, -0.1) is 0 Å². The van der Waals surface area contributed by atoms with Gasteiger partial charge in [-0.25, -0.2) is 0 Å². The van der Waals surface area contributed by atoms with Gasteiger partial charge in [0.1, 0.15) is 6.54 Å². The van der Waals surface area contributed by atoms with Crippen LogP contribution in [0.4, 0.5) is 0 Å². The molecule has 0 heterocycles. The summed E-state index contributed by atoms with van der Waals surface area (Å²) in [6, 6.07) is 13.9. The van der Waals surface area contributed by atoms with E-state index in [1.54, 1.807) is 0 Å². The van der Waals surface area contributed by atoms with Crippen LogP contribution in [0, 0.1) is 0 Å². The van der Waals surface area contributed by atoms with Gasteiger partial charge in [0.2, 0.25) is 5.78 Å². The van der Waals surface area contributed by atoms with Crippen molar-refractivity contribution in [3.05, 3.63) is 48.0 Å². The van der Waals surface area contributed by atoms with Crippen molar-refractivity contribution in [3.8, 4) is 0 Å². The van der Waals surface area contributed by atoms with E-state index in [1.165, 1.54) is 0 Å². The number of rotatable bonds is 3. The summed E-state index contributed by atoms with van der Waals surface area (Å²) in [6.07, 6.45) is 0. The molecule has 0 radical (unpaired) electrons. The number of fused-ring (bicyclic) bond motifs is 1. The number of hydrogen-bond donors (Lipinski definition) is 1. The first-order chi connectivity index (χ1) is 7.68. The van der Waals surface area contributed by atoms with E-state index in [2.05, 4.69) is 0 Å². The molecule has 2 aromatic carbocycles. The Morgan fingerprint density at radius 1 is 1.06 bits per heavy atom. The van der Waals surface area contributed by atoms with E-state index >= 15 is 0 Å². The highest BCUT2D eigenvalue weighted by molar-refractivity contribution is 6.08. The van der Waals surface area contributed by atoms with Crippen molar-refractivity contribution in [1.82, 2.24) is 0 Å². The average Bonchev–Trinajstić information content (AvgIpc) is 2.27. The molecule has 0 fully saturated rings. The fourth-order valence-corrected chi connectivity index (χ4v) is 1.88. The summed E-state index contributed by atoms with van der Waals surface area (Å²) >= 11 is 0. The Morgan fingerprint density at radius 3 is 2.41 bits per heavy atom. The summed E-state index contributed by atoms with van der Waals surface area (Å²) in [6.45, 7) is 0.536. The molecule has 0 aromatic heterocycles. The van der Waals surface area contributed by atoms with Gasteiger partial charge in [-0.1, -0.05) is 42.5 Å². The molecule has 2 nitrogen and oxygen atoms in total. The molecule has 17 heavy (non-hydrogen) atoms. The Kier molecular flexibility index (Phi) is 4.67. The Bertz CT molecular complexity index is 517. The van der Waals surface area contributed by atoms with E-state index < -0.39 is 0 Å². The van der Waals surface area contributed by atoms with Crippen molar-refractivity contribution in [2.24, 2.45) is 0 Å². The third-order valence-electron chi connectivity index (χ3n) is 2.60. The molecule has 0 bridgehead atoms. The van der Waals surface area contributed by atoms with Gasteiger partial charge in [-0.3, -0.25) is 4.79 Å². The zero-order valence-corrected chi connectivity index (χ0v) is 10.8. The van der Waals surface area contributed by atoms with Gasteiger partial charge in [0.25, 0.3) is 0 Å². The van der Waals surface area contributed by atoms with Gasteiger partial charge in [-0.2, -0.15) is 0 Å². The standard InChI is InChI=1S/C14H15NO.ClH/c1-15(2)10-14(16)13-9-5-7-11-6-3-4-8-12(11)13;/h3-9H,10H2,1-2H3;1H. The molecule has 0 aliphatic rings.